The molecule has 7 nitrogen and oxygen atoms in total. The van der Waals surface area contributed by atoms with E-state index in [9.17, 15) is 5.11 Å². The predicted molar refractivity (Wildman–Crippen MR) is 87.6 cm³/mol. The molecule has 2 aliphatic heterocycles. The zero-order valence-corrected chi connectivity index (χ0v) is 15.0. The van der Waals surface area contributed by atoms with Crippen molar-refractivity contribution in [3.8, 4) is 0 Å². The van der Waals surface area contributed by atoms with Crippen molar-refractivity contribution >= 4 is 0 Å². The zero-order valence-electron chi connectivity index (χ0n) is 15.0. The van der Waals surface area contributed by atoms with Crippen LogP contribution < -0.4 is 0 Å². The molecule has 1 N–H and O–H groups in total. The summed E-state index contributed by atoms with van der Waals surface area (Å²) in [5.74, 6) is -2.36. The van der Waals surface area contributed by atoms with E-state index < -0.39 is 36.2 Å². The monoisotopic (exact) mass is 354 g/mol. The largest absolute Gasteiger partial charge is 0.388 e. The Morgan fingerprint density at radius 1 is 1.04 bits per heavy atom. The number of aliphatic hydroxyl groups excluding tert-OH is 1. The Morgan fingerprint density at radius 3 is 2.24 bits per heavy atom. The third-order valence-corrected chi connectivity index (χ3v) is 4.99. The number of benzene rings is 1. The SMILES string of the molecule is CO[C@@]1(C)O[C@@H]2[C@H](OCc3ccccc3)OC[C@H](O)[C@@H]2O[C@]1(C)OC. The van der Waals surface area contributed by atoms with Crippen molar-refractivity contribution in [3.63, 3.8) is 0 Å². The Morgan fingerprint density at radius 2 is 1.64 bits per heavy atom. The zero-order chi connectivity index (χ0) is 18.1. The van der Waals surface area contributed by atoms with Crippen LogP contribution in [0.2, 0.25) is 0 Å². The summed E-state index contributed by atoms with van der Waals surface area (Å²) >= 11 is 0. The molecule has 0 unspecified atom stereocenters. The number of hydrogen-bond donors (Lipinski definition) is 1. The Labute approximate surface area is 147 Å². The summed E-state index contributed by atoms with van der Waals surface area (Å²) in [6, 6.07) is 9.77. The maximum absolute atomic E-state index is 10.3. The molecule has 2 heterocycles. The smallest absolute Gasteiger partial charge is 0.220 e. The molecule has 2 saturated heterocycles. The van der Waals surface area contributed by atoms with E-state index in [1.807, 2.05) is 30.3 Å². The summed E-state index contributed by atoms with van der Waals surface area (Å²) in [5.41, 5.74) is 1.02. The van der Waals surface area contributed by atoms with Crippen molar-refractivity contribution in [2.24, 2.45) is 0 Å². The Kier molecular flexibility index (Phi) is 5.45. The van der Waals surface area contributed by atoms with E-state index in [1.54, 1.807) is 13.8 Å². The topological polar surface area (TPSA) is 75.6 Å². The van der Waals surface area contributed by atoms with E-state index in [-0.39, 0.29) is 6.61 Å². The molecule has 0 spiro atoms. The van der Waals surface area contributed by atoms with Gasteiger partial charge in [0.05, 0.1) is 13.2 Å². The van der Waals surface area contributed by atoms with Crippen LogP contribution in [0.5, 0.6) is 0 Å². The lowest BCUT2D eigenvalue weighted by Gasteiger charge is -2.55. The quantitative estimate of drug-likeness (QED) is 0.857. The van der Waals surface area contributed by atoms with Crippen LogP contribution in [0.15, 0.2) is 30.3 Å². The van der Waals surface area contributed by atoms with Gasteiger partial charge in [0.15, 0.2) is 6.29 Å². The van der Waals surface area contributed by atoms with Crippen LogP contribution in [0.4, 0.5) is 0 Å². The number of aliphatic hydroxyl groups is 1. The first kappa shape index (κ1) is 18.7. The summed E-state index contributed by atoms with van der Waals surface area (Å²) in [5, 5.41) is 10.3. The van der Waals surface area contributed by atoms with Crippen molar-refractivity contribution in [2.45, 2.75) is 56.6 Å². The van der Waals surface area contributed by atoms with Crippen LogP contribution in [-0.2, 0) is 35.0 Å². The van der Waals surface area contributed by atoms with E-state index in [1.165, 1.54) is 14.2 Å². The van der Waals surface area contributed by atoms with Crippen molar-refractivity contribution in [3.05, 3.63) is 35.9 Å². The van der Waals surface area contributed by atoms with Crippen molar-refractivity contribution < 1.29 is 33.5 Å². The van der Waals surface area contributed by atoms with Gasteiger partial charge < -0.3 is 33.5 Å². The second-order valence-electron chi connectivity index (χ2n) is 6.53. The molecule has 0 saturated carbocycles. The first-order valence-electron chi connectivity index (χ1n) is 8.33. The number of ether oxygens (including phenoxy) is 6. The molecule has 6 atom stereocenters. The molecule has 7 heteroatoms. The Balaban J connectivity index is 1.77. The summed E-state index contributed by atoms with van der Waals surface area (Å²) in [7, 11) is 3.02. The number of rotatable bonds is 5. The molecule has 0 amide bonds. The van der Waals surface area contributed by atoms with Gasteiger partial charge in [-0.1, -0.05) is 30.3 Å². The van der Waals surface area contributed by atoms with Crippen molar-refractivity contribution in [1.82, 2.24) is 0 Å². The van der Waals surface area contributed by atoms with Gasteiger partial charge in [0.25, 0.3) is 0 Å². The van der Waals surface area contributed by atoms with E-state index in [2.05, 4.69) is 0 Å². The fourth-order valence-corrected chi connectivity index (χ4v) is 3.12. The van der Waals surface area contributed by atoms with Gasteiger partial charge in [0, 0.05) is 14.2 Å². The molecule has 0 radical (unpaired) electrons. The fourth-order valence-electron chi connectivity index (χ4n) is 3.12. The summed E-state index contributed by atoms with van der Waals surface area (Å²) in [6.07, 6.45) is -2.84. The lowest BCUT2D eigenvalue weighted by Crippen LogP contribution is -2.71. The molecule has 2 fully saturated rings. The van der Waals surface area contributed by atoms with E-state index in [4.69, 9.17) is 28.4 Å². The molecular formula is C18H26O7. The van der Waals surface area contributed by atoms with Crippen LogP contribution in [-0.4, -0.2) is 62.1 Å². The Hall–Kier alpha value is -1.06. The highest BCUT2D eigenvalue weighted by molar-refractivity contribution is 5.13. The average Bonchev–Trinajstić information content (AvgIpc) is 2.64. The molecular weight excluding hydrogens is 328 g/mol. The highest BCUT2D eigenvalue weighted by atomic mass is 16.8. The van der Waals surface area contributed by atoms with Gasteiger partial charge in [-0.05, 0) is 19.4 Å². The van der Waals surface area contributed by atoms with Gasteiger partial charge in [0.1, 0.15) is 18.3 Å². The molecule has 0 aliphatic carbocycles. The van der Waals surface area contributed by atoms with Crippen molar-refractivity contribution in [2.75, 3.05) is 20.8 Å². The van der Waals surface area contributed by atoms with Crippen LogP contribution in [0.1, 0.15) is 19.4 Å². The number of methoxy groups -OCH3 is 2. The van der Waals surface area contributed by atoms with E-state index in [0.717, 1.165) is 5.56 Å². The second-order valence-corrected chi connectivity index (χ2v) is 6.53. The minimum absolute atomic E-state index is 0.0907. The number of fused-ring (bicyclic) bond motifs is 1. The lowest BCUT2D eigenvalue weighted by molar-refractivity contribution is -0.479. The van der Waals surface area contributed by atoms with Crippen LogP contribution in [0.3, 0.4) is 0 Å². The first-order valence-corrected chi connectivity index (χ1v) is 8.33. The average molecular weight is 354 g/mol. The molecule has 3 rings (SSSR count). The van der Waals surface area contributed by atoms with Gasteiger partial charge in [-0.3, -0.25) is 0 Å². The minimum atomic E-state index is -1.18. The standard InChI is InChI=1S/C18H26O7/c1-17(20-3)18(2,21-4)25-15-14(24-17)13(19)11-23-16(15)22-10-12-8-6-5-7-9-12/h5-9,13-16,19H,10-11H2,1-4H3/t13-,14-,15-,16+,17-,18-/m0/s1. The lowest BCUT2D eigenvalue weighted by atomic mass is 9.98. The molecule has 0 aromatic heterocycles. The first-order chi connectivity index (χ1) is 11.9. The highest BCUT2D eigenvalue weighted by Gasteiger charge is 2.61. The molecule has 0 bridgehead atoms. The normalized spacial score (nSPS) is 41.3. The van der Waals surface area contributed by atoms with Gasteiger partial charge in [-0.15, -0.1) is 0 Å². The Bertz CT molecular complexity index is 568. The van der Waals surface area contributed by atoms with Gasteiger partial charge in [-0.2, -0.15) is 0 Å². The van der Waals surface area contributed by atoms with Gasteiger partial charge in [-0.25, -0.2) is 0 Å². The maximum atomic E-state index is 10.3. The van der Waals surface area contributed by atoms with Crippen LogP contribution >= 0.6 is 0 Å². The van der Waals surface area contributed by atoms with E-state index >= 15 is 0 Å². The number of hydrogen-bond acceptors (Lipinski definition) is 7. The molecule has 1 aromatic rings. The minimum Gasteiger partial charge on any atom is -0.388 e. The van der Waals surface area contributed by atoms with Crippen LogP contribution in [0, 0.1) is 0 Å². The molecule has 2 aliphatic rings. The maximum Gasteiger partial charge on any atom is 0.220 e. The second kappa shape index (κ2) is 7.28. The third kappa shape index (κ3) is 3.46. The summed E-state index contributed by atoms with van der Waals surface area (Å²) < 4.78 is 34.7. The fraction of sp³-hybridized carbons (Fsp3) is 0.667. The third-order valence-electron chi connectivity index (χ3n) is 4.99. The van der Waals surface area contributed by atoms with Crippen molar-refractivity contribution in [1.29, 1.82) is 0 Å². The highest BCUT2D eigenvalue weighted by Crippen LogP contribution is 2.42. The van der Waals surface area contributed by atoms with Gasteiger partial charge in [0.2, 0.25) is 11.6 Å². The molecule has 140 valence electrons. The van der Waals surface area contributed by atoms with Gasteiger partial charge >= 0.3 is 0 Å². The van der Waals surface area contributed by atoms with E-state index in [0.29, 0.717) is 6.61 Å². The van der Waals surface area contributed by atoms with Crippen LogP contribution in [0.25, 0.3) is 0 Å². The molecule has 1 aromatic carbocycles. The summed E-state index contributed by atoms with van der Waals surface area (Å²) in [6.45, 7) is 3.89. The summed E-state index contributed by atoms with van der Waals surface area (Å²) in [4.78, 5) is 0. The predicted octanol–water partition coefficient (Wildman–Crippen LogP) is 1.43. The molecule has 25 heavy (non-hydrogen) atoms.